The fourth-order valence-corrected chi connectivity index (χ4v) is 4.41. The third kappa shape index (κ3) is 3.53. The number of aryl methyl sites for hydroxylation is 2. The van der Waals surface area contributed by atoms with E-state index in [2.05, 4.69) is 20.7 Å². The predicted octanol–water partition coefficient (Wildman–Crippen LogP) is 3.84. The van der Waals surface area contributed by atoms with E-state index in [1.165, 1.54) is 6.07 Å². The molecule has 2 rings (SSSR count). The van der Waals surface area contributed by atoms with Crippen LogP contribution in [0.25, 0.3) is 0 Å². The van der Waals surface area contributed by atoms with Crippen LogP contribution in [0.15, 0.2) is 38.1 Å². The number of sulfonamides is 1. The van der Waals surface area contributed by atoms with Gasteiger partial charge in [0, 0.05) is 16.1 Å². The third-order valence-electron chi connectivity index (χ3n) is 3.06. The first kappa shape index (κ1) is 16.2. The molecule has 4 nitrogen and oxygen atoms in total. The van der Waals surface area contributed by atoms with E-state index in [0.717, 1.165) is 23.5 Å². The van der Waals surface area contributed by atoms with Gasteiger partial charge < -0.3 is 4.42 Å². The topological polar surface area (TPSA) is 59.3 Å². The van der Waals surface area contributed by atoms with Gasteiger partial charge in [0.05, 0.1) is 4.90 Å². The summed E-state index contributed by atoms with van der Waals surface area (Å²) in [6.07, 6.45) is 0. The van der Waals surface area contributed by atoms with Crippen LogP contribution in [0.3, 0.4) is 0 Å². The van der Waals surface area contributed by atoms with Crippen molar-refractivity contribution in [3.05, 3.63) is 51.6 Å². The molecule has 2 aromatic rings. The van der Waals surface area contributed by atoms with Crippen molar-refractivity contribution < 1.29 is 17.2 Å². The molecule has 1 heterocycles. The molecule has 1 aromatic heterocycles. The Morgan fingerprint density at radius 1 is 1.29 bits per heavy atom. The monoisotopic (exact) mass is 375 g/mol. The molecular weight excluding hydrogens is 361 g/mol. The normalized spacial score (nSPS) is 13.4. The van der Waals surface area contributed by atoms with Crippen LogP contribution in [-0.2, 0) is 10.0 Å². The van der Waals surface area contributed by atoms with Gasteiger partial charge in [0.25, 0.3) is 0 Å². The molecule has 0 aliphatic rings. The molecule has 0 amide bonds. The van der Waals surface area contributed by atoms with E-state index in [-0.39, 0.29) is 9.37 Å². The van der Waals surface area contributed by atoms with Crippen LogP contribution in [-0.4, -0.2) is 8.42 Å². The fourth-order valence-electron chi connectivity index (χ4n) is 2.13. The molecule has 1 atom stereocenters. The van der Waals surface area contributed by atoms with Crippen LogP contribution in [0.5, 0.6) is 0 Å². The summed E-state index contributed by atoms with van der Waals surface area (Å²) in [5, 5.41) is 0. The third-order valence-corrected chi connectivity index (χ3v) is 5.58. The van der Waals surface area contributed by atoms with Crippen LogP contribution in [0, 0.1) is 19.7 Å². The molecule has 0 fully saturated rings. The minimum absolute atomic E-state index is 0.00591. The van der Waals surface area contributed by atoms with Crippen LogP contribution >= 0.6 is 15.9 Å². The lowest BCUT2D eigenvalue weighted by Crippen LogP contribution is -2.27. The van der Waals surface area contributed by atoms with E-state index in [4.69, 9.17) is 4.42 Å². The zero-order chi connectivity index (χ0) is 15.8. The van der Waals surface area contributed by atoms with Crippen molar-refractivity contribution in [2.75, 3.05) is 0 Å². The molecule has 0 bridgehead atoms. The number of nitrogens with one attached hydrogen (secondary N) is 1. The Hall–Kier alpha value is -1.18. The average molecular weight is 376 g/mol. The van der Waals surface area contributed by atoms with E-state index in [9.17, 15) is 12.8 Å². The second kappa shape index (κ2) is 5.90. The van der Waals surface area contributed by atoms with Crippen LogP contribution < -0.4 is 4.72 Å². The Bertz CT molecular complexity index is 771. The van der Waals surface area contributed by atoms with Gasteiger partial charge in [-0.3, -0.25) is 0 Å². The van der Waals surface area contributed by atoms with Gasteiger partial charge >= 0.3 is 0 Å². The Balaban J connectivity index is 2.31. The number of rotatable bonds is 4. The number of furan rings is 1. The van der Waals surface area contributed by atoms with Gasteiger partial charge in [0.2, 0.25) is 10.0 Å². The zero-order valence-corrected chi connectivity index (χ0v) is 14.2. The van der Waals surface area contributed by atoms with Crippen molar-refractivity contribution in [2.24, 2.45) is 0 Å². The molecule has 1 aromatic carbocycles. The second-order valence-corrected chi connectivity index (χ2v) is 7.32. The smallest absolute Gasteiger partial charge is 0.242 e. The summed E-state index contributed by atoms with van der Waals surface area (Å²) in [7, 11) is -3.77. The summed E-state index contributed by atoms with van der Waals surface area (Å²) in [4.78, 5) is -0.00591. The highest BCUT2D eigenvalue weighted by atomic mass is 79.9. The zero-order valence-electron chi connectivity index (χ0n) is 11.8. The fraction of sp³-hybridized carbons (Fsp3) is 0.286. The van der Waals surface area contributed by atoms with Crippen molar-refractivity contribution in [2.45, 2.75) is 31.7 Å². The van der Waals surface area contributed by atoms with Crippen molar-refractivity contribution >= 4 is 26.0 Å². The predicted molar refractivity (Wildman–Crippen MR) is 81.0 cm³/mol. The number of halogens is 2. The average Bonchev–Trinajstić information content (AvgIpc) is 2.67. The highest BCUT2D eigenvalue weighted by Gasteiger charge is 2.23. The maximum absolute atomic E-state index is 13.1. The maximum atomic E-state index is 13.1. The summed E-state index contributed by atoms with van der Waals surface area (Å²) < 4.78 is 46.0. The van der Waals surface area contributed by atoms with Gasteiger partial charge in [-0.05, 0) is 61.0 Å². The highest BCUT2D eigenvalue weighted by molar-refractivity contribution is 9.10. The summed E-state index contributed by atoms with van der Waals surface area (Å²) in [6, 6.07) is 4.79. The van der Waals surface area contributed by atoms with Gasteiger partial charge in [0.15, 0.2) is 0 Å². The number of hydrogen-bond donors (Lipinski definition) is 1. The molecule has 0 saturated carbocycles. The number of hydrogen-bond acceptors (Lipinski definition) is 3. The molecule has 0 radical (unpaired) electrons. The molecule has 7 heteroatoms. The first-order chi connectivity index (χ1) is 9.70. The van der Waals surface area contributed by atoms with Crippen molar-refractivity contribution in [3.8, 4) is 0 Å². The van der Waals surface area contributed by atoms with Gasteiger partial charge in [-0.25, -0.2) is 17.5 Å². The van der Waals surface area contributed by atoms with Gasteiger partial charge in [0.1, 0.15) is 17.3 Å². The minimum Gasteiger partial charge on any atom is -0.466 e. The SMILES string of the molecule is Cc1cc(C(C)NS(=O)(=O)c2ccc(F)cc2Br)c(C)o1. The van der Waals surface area contributed by atoms with E-state index in [1.807, 2.05) is 0 Å². The van der Waals surface area contributed by atoms with Gasteiger partial charge in [-0.15, -0.1) is 0 Å². The van der Waals surface area contributed by atoms with Crippen LogP contribution in [0.1, 0.15) is 30.0 Å². The Morgan fingerprint density at radius 3 is 2.48 bits per heavy atom. The molecule has 1 N–H and O–H groups in total. The molecule has 114 valence electrons. The maximum Gasteiger partial charge on any atom is 0.242 e. The van der Waals surface area contributed by atoms with Crippen LogP contribution in [0.4, 0.5) is 4.39 Å². The van der Waals surface area contributed by atoms with Crippen molar-refractivity contribution in [1.29, 1.82) is 0 Å². The Labute approximate surface area is 131 Å². The van der Waals surface area contributed by atoms with E-state index < -0.39 is 21.9 Å². The second-order valence-electron chi connectivity index (χ2n) is 4.79. The molecule has 0 saturated heterocycles. The van der Waals surface area contributed by atoms with Gasteiger partial charge in [-0.1, -0.05) is 0 Å². The van der Waals surface area contributed by atoms with Crippen molar-refractivity contribution in [3.63, 3.8) is 0 Å². The molecule has 21 heavy (non-hydrogen) atoms. The Kier molecular flexibility index (Phi) is 4.55. The first-order valence-electron chi connectivity index (χ1n) is 6.25. The molecular formula is C14H15BrFNO3S. The lowest BCUT2D eigenvalue weighted by Gasteiger charge is -2.14. The van der Waals surface area contributed by atoms with E-state index in [0.29, 0.717) is 5.76 Å². The highest BCUT2D eigenvalue weighted by Crippen LogP contribution is 2.26. The minimum atomic E-state index is -3.77. The van der Waals surface area contributed by atoms with E-state index >= 15 is 0 Å². The first-order valence-corrected chi connectivity index (χ1v) is 8.52. The van der Waals surface area contributed by atoms with Crippen LogP contribution in [0.2, 0.25) is 0 Å². The van der Waals surface area contributed by atoms with Gasteiger partial charge in [-0.2, -0.15) is 0 Å². The number of benzene rings is 1. The summed E-state index contributed by atoms with van der Waals surface area (Å²) >= 11 is 3.07. The van der Waals surface area contributed by atoms with E-state index in [1.54, 1.807) is 26.8 Å². The van der Waals surface area contributed by atoms with Crippen molar-refractivity contribution in [1.82, 2.24) is 4.72 Å². The molecule has 1 unspecified atom stereocenters. The molecule has 0 aliphatic heterocycles. The standard InChI is InChI=1S/C14H15BrFNO3S/c1-8-6-12(10(3)20-8)9(2)17-21(18,19)14-5-4-11(16)7-13(14)15/h4-7,9,17H,1-3H3. The summed E-state index contributed by atoms with van der Waals surface area (Å²) in [6.45, 7) is 5.31. The molecule has 0 aliphatic carbocycles. The lowest BCUT2D eigenvalue weighted by atomic mass is 10.1. The summed E-state index contributed by atoms with van der Waals surface area (Å²) in [5.74, 6) is 0.882. The lowest BCUT2D eigenvalue weighted by molar-refractivity contribution is 0.496. The summed E-state index contributed by atoms with van der Waals surface area (Å²) in [5.41, 5.74) is 0.773. The largest absolute Gasteiger partial charge is 0.466 e. The Morgan fingerprint density at radius 2 is 1.95 bits per heavy atom. The molecule has 0 spiro atoms. The quantitative estimate of drug-likeness (QED) is 0.882.